The first-order chi connectivity index (χ1) is 8.99. The third-order valence-corrected chi connectivity index (χ3v) is 3.20. The second-order valence-electron chi connectivity index (χ2n) is 4.11. The molecule has 0 heterocycles. The molecule has 1 amide bonds. The van der Waals surface area contributed by atoms with E-state index in [-0.39, 0.29) is 0 Å². The Morgan fingerprint density at radius 2 is 1.95 bits per heavy atom. The number of rotatable bonds is 6. The van der Waals surface area contributed by atoms with Gasteiger partial charge >= 0.3 is 0 Å². The minimum Gasteiger partial charge on any atom is -0.386 e. The molecule has 0 saturated heterocycles. The van der Waals surface area contributed by atoms with E-state index in [1.807, 2.05) is 19.1 Å². The van der Waals surface area contributed by atoms with Gasteiger partial charge in [0.2, 0.25) is 0 Å². The van der Waals surface area contributed by atoms with Gasteiger partial charge in [0.25, 0.3) is 5.91 Å². The van der Waals surface area contributed by atoms with Crippen molar-refractivity contribution in [3.05, 3.63) is 35.4 Å². The summed E-state index contributed by atoms with van der Waals surface area (Å²) in [5.41, 5.74) is 1.64. The lowest BCUT2D eigenvalue weighted by Crippen LogP contribution is -2.43. The van der Waals surface area contributed by atoms with Crippen molar-refractivity contribution >= 4 is 29.1 Å². The lowest BCUT2D eigenvalue weighted by molar-refractivity contribution is -0.121. The van der Waals surface area contributed by atoms with Gasteiger partial charge in [0.1, 0.15) is 12.8 Å². The van der Waals surface area contributed by atoms with Crippen LogP contribution in [0, 0.1) is 0 Å². The van der Waals surface area contributed by atoms with E-state index in [9.17, 15) is 14.3 Å². The zero-order valence-corrected chi connectivity index (χ0v) is 12.0. The van der Waals surface area contributed by atoms with Crippen molar-refractivity contribution in [3.8, 4) is 0 Å². The standard InChI is InChI=1S/C13H16Cl2FNO2/c1-2-8-3-5-9(6-4-8)11(18)10(7-16)17-13(19)12(14)15/h3-6,10-12,18H,2,7H2,1H3,(H,17,19). The van der Waals surface area contributed by atoms with Crippen LogP contribution < -0.4 is 5.32 Å². The van der Waals surface area contributed by atoms with Gasteiger partial charge < -0.3 is 10.4 Å². The number of aliphatic hydroxyl groups is 1. The van der Waals surface area contributed by atoms with Gasteiger partial charge in [0.15, 0.2) is 4.84 Å². The highest BCUT2D eigenvalue weighted by Gasteiger charge is 2.24. The van der Waals surface area contributed by atoms with Crippen molar-refractivity contribution in [2.45, 2.75) is 30.3 Å². The molecule has 0 spiro atoms. The first-order valence-electron chi connectivity index (χ1n) is 5.91. The molecule has 1 aromatic carbocycles. The average molecular weight is 308 g/mol. The Bertz CT molecular complexity index is 412. The van der Waals surface area contributed by atoms with Crippen LogP contribution in [-0.4, -0.2) is 28.6 Å². The smallest absolute Gasteiger partial charge is 0.253 e. The summed E-state index contributed by atoms with van der Waals surface area (Å²) in [5, 5.41) is 12.3. The molecule has 0 aliphatic heterocycles. The van der Waals surface area contributed by atoms with Gasteiger partial charge in [0.05, 0.1) is 6.04 Å². The van der Waals surface area contributed by atoms with Gasteiger partial charge in [-0.05, 0) is 17.5 Å². The fraction of sp³-hybridized carbons (Fsp3) is 0.462. The van der Waals surface area contributed by atoms with E-state index in [0.717, 1.165) is 12.0 Å². The predicted molar refractivity (Wildman–Crippen MR) is 74.2 cm³/mol. The molecule has 0 aromatic heterocycles. The molecule has 0 fully saturated rings. The largest absolute Gasteiger partial charge is 0.386 e. The van der Waals surface area contributed by atoms with E-state index in [2.05, 4.69) is 5.32 Å². The van der Waals surface area contributed by atoms with Crippen molar-refractivity contribution in [2.24, 2.45) is 0 Å². The van der Waals surface area contributed by atoms with Gasteiger partial charge in [-0.1, -0.05) is 54.4 Å². The Morgan fingerprint density at radius 3 is 2.37 bits per heavy atom. The summed E-state index contributed by atoms with van der Waals surface area (Å²) in [6.45, 7) is 1.10. The molecule has 0 aliphatic rings. The van der Waals surface area contributed by atoms with Gasteiger partial charge in [-0.15, -0.1) is 0 Å². The van der Waals surface area contributed by atoms with E-state index in [4.69, 9.17) is 23.2 Å². The molecule has 2 unspecified atom stereocenters. The molecule has 0 radical (unpaired) electrons. The van der Waals surface area contributed by atoms with Crippen molar-refractivity contribution in [3.63, 3.8) is 0 Å². The number of hydrogen-bond acceptors (Lipinski definition) is 2. The van der Waals surface area contributed by atoms with E-state index >= 15 is 0 Å². The number of nitrogens with one attached hydrogen (secondary N) is 1. The predicted octanol–water partition coefficient (Wildman–Crippen LogP) is 2.54. The zero-order chi connectivity index (χ0) is 14.4. The van der Waals surface area contributed by atoms with E-state index in [0.29, 0.717) is 5.56 Å². The maximum atomic E-state index is 12.9. The number of benzene rings is 1. The first-order valence-corrected chi connectivity index (χ1v) is 6.78. The highest BCUT2D eigenvalue weighted by molar-refractivity contribution is 6.53. The van der Waals surface area contributed by atoms with Crippen LogP contribution in [0.15, 0.2) is 24.3 Å². The van der Waals surface area contributed by atoms with Crippen LogP contribution in [-0.2, 0) is 11.2 Å². The molecule has 1 rings (SSSR count). The molecule has 106 valence electrons. The summed E-state index contributed by atoms with van der Waals surface area (Å²) in [5.74, 6) is -0.727. The third-order valence-electron chi connectivity index (χ3n) is 2.80. The third kappa shape index (κ3) is 4.64. The van der Waals surface area contributed by atoms with Crippen molar-refractivity contribution < 1.29 is 14.3 Å². The van der Waals surface area contributed by atoms with Gasteiger partial charge in [-0.3, -0.25) is 4.79 Å². The fourth-order valence-corrected chi connectivity index (χ4v) is 1.76. The van der Waals surface area contributed by atoms with Crippen LogP contribution in [0.1, 0.15) is 24.2 Å². The average Bonchev–Trinajstić information content (AvgIpc) is 2.43. The van der Waals surface area contributed by atoms with Crippen LogP contribution in [0.25, 0.3) is 0 Å². The van der Waals surface area contributed by atoms with Gasteiger partial charge in [-0.25, -0.2) is 4.39 Å². The first kappa shape index (κ1) is 16.2. The molecule has 6 heteroatoms. The number of aryl methyl sites for hydroxylation is 1. The normalized spacial score (nSPS) is 14.2. The maximum Gasteiger partial charge on any atom is 0.253 e. The Hall–Kier alpha value is -0.840. The summed E-state index contributed by atoms with van der Waals surface area (Å²) in [6.07, 6.45) is -0.272. The maximum absolute atomic E-state index is 12.9. The number of carbonyl (C=O) groups excluding carboxylic acids is 1. The van der Waals surface area contributed by atoms with E-state index < -0.39 is 29.6 Å². The lowest BCUT2D eigenvalue weighted by atomic mass is 10.0. The molecular formula is C13H16Cl2FNO2. The van der Waals surface area contributed by atoms with E-state index in [1.165, 1.54) is 0 Å². The summed E-state index contributed by atoms with van der Waals surface area (Å²) < 4.78 is 12.9. The second kappa shape index (κ2) is 7.68. The van der Waals surface area contributed by atoms with Crippen LogP contribution in [0.4, 0.5) is 4.39 Å². The molecule has 0 bridgehead atoms. The number of aliphatic hydroxyl groups excluding tert-OH is 1. The Kier molecular flexibility index (Phi) is 6.55. The van der Waals surface area contributed by atoms with Crippen molar-refractivity contribution in [1.29, 1.82) is 0 Å². The minimum atomic E-state index is -1.29. The van der Waals surface area contributed by atoms with Gasteiger partial charge in [0, 0.05) is 0 Å². The molecule has 2 atom stereocenters. The van der Waals surface area contributed by atoms with Crippen LogP contribution >= 0.6 is 23.2 Å². The summed E-state index contributed by atoms with van der Waals surface area (Å²) in [4.78, 5) is 10.0. The fourth-order valence-electron chi connectivity index (χ4n) is 1.63. The van der Waals surface area contributed by atoms with Crippen LogP contribution in [0.5, 0.6) is 0 Å². The monoisotopic (exact) mass is 307 g/mol. The number of carbonyl (C=O) groups is 1. The molecule has 1 aromatic rings. The van der Waals surface area contributed by atoms with Gasteiger partial charge in [-0.2, -0.15) is 0 Å². The molecule has 0 aliphatic carbocycles. The van der Waals surface area contributed by atoms with Crippen molar-refractivity contribution in [1.82, 2.24) is 5.32 Å². The molecule has 3 nitrogen and oxygen atoms in total. The number of amides is 1. The highest BCUT2D eigenvalue weighted by Crippen LogP contribution is 2.19. The number of hydrogen-bond donors (Lipinski definition) is 2. The Balaban J connectivity index is 2.76. The second-order valence-corrected chi connectivity index (χ2v) is 5.21. The van der Waals surface area contributed by atoms with E-state index in [1.54, 1.807) is 12.1 Å². The van der Waals surface area contributed by atoms with Crippen LogP contribution in [0.2, 0.25) is 0 Å². The molecule has 2 N–H and O–H groups in total. The summed E-state index contributed by atoms with van der Waals surface area (Å²) in [6, 6.07) is 6.04. The summed E-state index contributed by atoms with van der Waals surface area (Å²) >= 11 is 10.7. The van der Waals surface area contributed by atoms with Crippen molar-refractivity contribution in [2.75, 3.05) is 6.67 Å². The SMILES string of the molecule is CCc1ccc(C(O)C(CF)NC(=O)C(Cl)Cl)cc1. The Labute approximate surface area is 121 Å². The minimum absolute atomic E-state index is 0.529. The topological polar surface area (TPSA) is 49.3 Å². The zero-order valence-electron chi connectivity index (χ0n) is 10.4. The Morgan fingerprint density at radius 1 is 1.37 bits per heavy atom. The molecule has 19 heavy (non-hydrogen) atoms. The summed E-state index contributed by atoms with van der Waals surface area (Å²) in [7, 11) is 0. The highest BCUT2D eigenvalue weighted by atomic mass is 35.5. The molecular weight excluding hydrogens is 292 g/mol. The quantitative estimate of drug-likeness (QED) is 0.794. The number of halogens is 3. The molecule has 0 saturated carbocycles. The van der Waals surface area contributed by atoms with Crippen LogP contribution in [0.3, 0.4) is 0 Å². The number of alkyl halides is 3. The lowest BCUT2D eigenvalue weighted by Gasteiger charge is -2.22.